The summed E-state index contributed by atoms with van der Waals surface area (Å²) in [5.74, 6) is 0.794. The molecule has 0 aliphatic heterocycles. The highest BCUT2D eigenvalue weighted by atomic mass is 32.2. The summed E-state index contributed by atoms with van der Waals surface area (Å²) in [5.41, 5.74) is 6.10. The molecule has 5 nitrogen and oxygen atoms in total. The third kappa shape index (κ3) is 3.64. The number of nitrogens with two attached hydrogens (primary N) is 1. The normalized spacial score (nSPS) is 16.4. The number of hydrogen-bond acceptors (Lipinski definition) is 4. The summed E-state index contributed by atoms with van der Waals surface area (Å²) in [4.78, 5) is 0.123. The summed E-state index contributed by atoms with van der Waals surface area (Å²) in [6.45, 7) is 2.72. The largest absolute Gasteiger partial charge is 0.492 e. The van der Waals surface area contributed by atoms with E-state index in [0.717, 1.165) is 12.8 Å². The summed E-state index contributed by atoms with van der Waals surface area (Å²) >= 11 is 0. The monoisotopic (exact) mass is 298 g/mol. The van der Waals surface area contributed by atoms with Gasteiger partial charge in [0.1, 0.15) is 10.6 Å². The van der Waals surface area contributed by atoms with E-state index in [1.807, 2.05) is 6.92 Å². The molecular weight excluding hydrogens is 276 g/mol. The number of ether oxygens (including phenoxy) is 1. The van der Waals surface area contributed by atoms with Crippen LogP contribution >= 0.6 is 0 Å². The third-order valence-corrected chi connectivity index (χ3v) is 5.04. The SMILES string of the molecule is CCOc1ccc(N)cc1S(=O)(=O)NCC1CCCC1. The van der Waals surface area contributed by atoms with Crippen LogP contribution in [0.1, 0.15) is 32.6 Å². The van der Waals surface area contributed by atoms with Crippen molar-refractivity contribution in [1.82, 2.24) is 4.72 Å². The van der Waals surface area contributed by atoms with Crippen LogP contribution in [0.4, 0.5) is 5.69 Å². The molecule has 0 unspecified atom stereocenters. The number of benzene rings is 1. The molecule has 20 heavy (non-hydrogen) atoms. The highest BCUT2D eigenvalue weighted by molar-refractivity contribution is 7.89. The van der Waals surface area contributed by atoms with Crippen molar-refractivity contribution in [3.63, 3.8) is 0 Å². The first-order valence-corrected chi connectivity index (χ1v) is 8.53. The Balaban J connectivity index is 2.16. The lowest BCUT2D eigenvalue weighted by atomic mass is 10.1. The second-order valence-corrected chi connectivity index (χ2v) is 6.88. The minimum Gasteiger partial charge on any atom is -0.492 e. The molecule has 0 heterocycles. The maximum atomic E-state index is 12.4. The Morgan fingerprint density at radius 1 is 1.35 bits per heavy atom. The Labute approximate surface area is 120 Å². The highest BCUT2D eigenvalue weighted by Crippen LogP contribution is 2.28. The number of anilines is 1. The number of nitrogen functional groups attached to an aromatic ring is 1. The molecule has 0 atom stereocenters. The zero-order valence-electron chi connectivity index (χ0n) is 11.8. The van der Waals surface area contributed by atoms with Crippen molar-refractivity contribution in [1.29, 1.82) is 0 Å². The molecule has 1 aromatic carbocycles. The van der Waals surface area contributed by atoms with Gasteiger partial charge >= 0.3 is 0 Å². The van der Waals surface area contributed by atoms with Crippen molar-refractivity contribution in [2.24, 2.45) is 5.92 Å². The summed E-state index contributed by atoms with van der Waals surface area (Å²) < 4.78 is 32.8. The molecule has 1 aliphatic rings. The minimum atomic E-state index is -3.58. The second kappa shape index (κ2) is 6.45. The number of rotatable bonds is 6. The fraction of sp³-hybridized carbons (Fsp3) is 0.571. The van der Waals surface area contributed by atoms with Gasteiger partial charge in [-0.3, -0.25) is 0 Å². The van der Waals surface area contributed by atoms with Gasteiger partial charge < -0.3 is 10.5 Å². The zero-order valence-corrected chi connectivity index (χ0v) is 12.6. The van der Waals surface area contributed by atoms with E-state index in [-0.39, 0.29) is 4.90 Å². The van der Waals surface area contributed by atoms with E-state index < -0.39 is 10.0 Å². The Kier molecular flexibility index (Phi) is 4.88. The average Bonchev–Trinajstić information content (AvgIpc) is 2.92. The molecule has 0 spiro atoms. The average molecular weight is 298 g/mol. The first-order valence-electron chi connectivity index (χ1n) is 7.05. The fourth-order valence-electron chi connectivity index (χ4n) is 2.53. The van der Waals surface area contributed by atoms with E-state index >= 15 is 0 Å². The van der Waals surface area contributed by atoms with E-state index in [1.165, 1.54) is 18.9 Å². The minimum absolute atomic E-state index is 0.123. The third-order valence-electron chi connectivity index (χ3n) is 3.59. The molecule has 0 amide bonds. The second-order valence-electron chi connectivity index (χ2n) is 5.14. The van der Waals surface area contributed by atoms with Gasteiger partial charge in [-0.15, -0.1) is 0 Å². The predicted molar refractivity (Wildman–Crippen MR) is 79.2 cm³/mol. The van der Waals surface area contributed by atoms with Gasteiger partial charge in [0.25, 0.3) is 0 Å². The maximum Gasteiger partial charge on any atom is 0.244 e. The summed E-state index contributed by atoms with van der Waals surface area (Å²) in [5, 5.41) is 0. The topological polar surface area (TPSA) is 81.4 Å². The van der Waals surface area contributed by atoms with Crippen molar-refractivity contribution in [2.75, 3.05) is 18.9 Å². The molecule has 6 heteroatoms. The number of sulfonamides is 1. The Morgan fingerprint density at radius 2 is 2.05 bits per heavy atom. The molecule has 1 aliphatic carbocycles. The van der Waals surface area contributed by atoms with Gasteiger partial charge in [-0.05, 0) is 43.9 Å². The zero-order chi connectivity index (χ0) is 14.6. The van der Waals surface area contributed by atoms with E-state index in [1.54, 1.807) is 12.1 Å². The summed E-state index contributed by atoms with van der Waals surface area (Å²) in [6, 6.07) is 4.69. The van der Waals surface area contributed by atoms with Gasteiger partial charge in [-0.2, -0.15) is 0 Å². The van der Waals surface area contributed by atoms with Gasteiger partial charge in [0.05, 0.1) is 6.61 Å². The lowest BCUT2D eigenvalue weighted by Crippen LogP contribution is -2.29. The molecule has 0 saturated heterocycles. The van der Waals surface area contributed by atoms with Gasteiger partial charge in [-0.25, -0.2) is 13.1 Å². The van der Waals surface area contributed by atoms with Gasteiger partial charge in [-0.1, -0.05) is 12.8 Å². The Bertz CT molecular complexity index is 552. The van der Waals surface area contributed by atoms with Crippen molar-refractivity contribution in [3.05, 3.63) is 18.2 Å². The highest BCUT2D eigenvalue weighted by Gasteiger charge is 2.23. The smallest absolute Gasteiger partial charge is 0.244 e. The van der Waals surface area contributed by atoms with Crippen LogP contribution in [0.15, 0.2) is 23.1 Å². The van der Waals surface area contributed by atoms with Crippen molar-refractivity contribution < 1.29 is 13.2 Å². The molecule has 0 radical (unpaired) electrons. The Morgan fingerprint density at radius 3 is 2.70 bits per heavy atom. The van der Waals surface area contributed by atoms with Crippen LogP contribution in [0, 0.1) is 5.92 Å². The van der Waals surface area contributed by atoms with E-state index in [9.17, 15) is 8.42 Å². The molecule has 1 fully saturated rings. The molecular formula is C14H22N2O3S. The first kappa shape index (κ1) is 15.1. The van der Waals surface area contributed by atoms with Crippen LogP contribution in [0.25, 0.3) is 0 Å². The van der Waals surface area contributed by atoms with E-state index in [4.69, 9.17) is 10.5 Å². The summed E-state index contributed by atoms with van der Waals surface area (Å²) in [7, 11) is -3.58. The maximum absolute atomic E-state index is 12.4. The van der Waals surface area contributed by atoms with Gasteiger partial charge in [0.2, 0.25) is 10.0 Å². The summed E-state index contributed by atoms with van der Waals surface area (Å²) in [6.07, 6.45) is 4.57. The number of hydrogen-bond donors (Lipinski definition) is 2. The quantitative estimate of drug-likeness (QED) is 0.788. The van der Waals surface area contributed by atoms with Crippen molar-refractivity contribution in [2.45, 2.75) is 37.5 Å². The molecule has 1 aromatic rings. The lowest BCUT2D eigenvalue weighted by molar-refractivity contribution is 0.331. The molecule has 1 saturated carbocycles. The van der Waals surface area contributed by atoms with Crippen LogP contribution in [-0.2, 0) is 10.0 Å². The molecule has 3 N–H and O–H groups in total. The Hall–Kier alpha value is -1.27. The standard InChI is InChI=1S/C14H22N2O3S/c1-2-19-13-8-7-12(15)9-14(13)20(17,18)16-10-11-5-3-4-6-11/h7-9,11,16H,2-6,10,15H2,1H3. The van der Waals surface area contributed by atoms with Crippen molar-refractivity contribution >= 4 is 15.7 Å². The van der Waals surface area contributed by atoms with Gasteiger partial charge in [0, 0.05) is 12.2 Å². The molecule has 0 bridgehead atoms. The van der Waals surface area contributed by atoms with Crippen molar-refractivity contribution in [3.8, 4) is 5.75 Å². The predicted octanol–water partition coefficient (Wildman–Crippen LogP) is 2.14. The van der Waals surface area contributed by atoms with Gasteiger partial charge in [0.15, 0.2) is 0 Å². The van der Waals surface area contributed by atoms with E-state index in [0.29, 0.717) is 30.5 Å². The van der Waals surface area contributed by atoms with Crippen LogP contribution in [-0.4, -0.2) is 21.6 Å². The lowest BCUT2D eigenvalue weighted by Gasteiger charge is -2.14. The van der Waals surface area contributed by atoms with Crippen LogP contribution in [0.3, 0.4) is 0 Å². The van der Waals surface area contributed by atoms with Crippen LogP contribution < -0.4 is 15.2 Å². The fourth-order valence-corrected chi connectivity index (χ4v) is 3.82. The van der Waals surface area contributed by atoms with Crippen LogP contribution in [0.2, 0.25) is 0 Å². The van der Waals surface area contributed by atoms with E-state index in [2.05, 4.69) is 4.72 Å². The first-order chi connectivity index (χ1) is 9.53. The number of nitrogens with one attached hydrogen (secondary N) is 1. The molecule has 0 aromatic heterocycles. The van der Waals surface area contributed by atoms with Crippen LogP contribution in [0.5, 0.6) is 5.75 Å². The molecule has 112 valence electrons. The molecule has 2 rings (SSSR count).